The SMILES string of the molecule is CC1(C)C2=[N+](CCCCCC(=O)NCCNC(=O)CCCCCC3(C)/C(=C/C=C4\CCCC(=C4Oc4ccc(C(=O)ON5C(=O)CCC5=O)cc4)/C=C/2)N(CCCS(=O)(=O)O)c2ccc(S(=O)(=O)O)cc23)c2ccc(SOO[O-])cc21. The Morgan fingerprint density at radius 2 is 1.46 bits per heavy atom. The number of fused-ring (bicyclic) bond motifs is 6. The fourth-order valence-electron chi connectivity index (χ4n) is 11.1. The van der Waals surface area contributed by atoms with Crippen molar-refractivity contribution < 1.29 is 78.7 Å². The molecule has 4 N–H and O–H groups in total. The van der Waals surface area contributed by atoms with E-state index in [1.54, 1.807) is 18.2 Å². The van der Waals surface area contributed by atoms with Crippen molar-refractivity contribution in [1.82, 2.24) is 15.7 Å². The van der Waals surface area contributed by atoms with E-state index in [1.807, 2.05) is 48.3 Å². The number of hydrogen-bond donors (Lipinski definition) is 4. The molecule has 1 unspecified atom stereocenters. The molecule has 4 heterocycles. The van der Waals surface area contributed by atoms with Gasteiger partial charge in [-0.05, 0) is 156 Å². The highest BCUT2D eigenvalue weighted by Crippen LogP contribution is 2.52. The summed E-state index contributed by atoms with van der Waals surface area (Å²) in [7, 11) is -9.05. The third-order valence-electron chi connectivity index (χ3n) is 15.3. The molecule has 8 rings (SSSR count). The molecule has 1 aliphatic carbocycles. The number of carbonyl (C=O) groups excluding carboxylic acids is 5. The lowest BCUT2D eigenvalue weighted by atomic mass is 9.77. The lowest BCUT2D eigenvalue weighted by Crippen LogP contribution is -2.34. The van der Waals surface area contributed by atoms with Gasteiger partial charge in [0.1, 0.15) is 18.1 Å². The second-order valence-electron chi connectivity index (χ2n) is 21.3. The summed E-state index contributed by atoms with van der Waals surface area (Å²) in [4.78, 5) is 70.8. The number of imide groups is 1. The van der Waals surface area contributed by atoms with Gasteiger partial charge in [-0.1, -0.05) is 18.9 Å². The average molecular weight is 1170 g/mol. The molecule has 434 valence electrons. The minimum absolute atomic E-state index is 0.00293. The molecule has 0 radical (unpaired) electrons. The van der Waals surface area contributed by atoms with Crippen molar-refractivity contribution in [3.63, 3.8) is 0 Å². The summed E-state index contributed by atoms with van der Waals surface area (Å²) in [6.45, 7) is 7.38. The van der Waals surface area contributed by atoms with Crippen LogP contribution in [0.1, 0.15) is 139 Å². The van der Waals surface area contributed by atoms with E-state index in [0.717, 1.165) is 53.0 Å². The summed E-state index contributed by atoms with van der Waals surface area (Å²) in [5.41, 5.74) is 4.74. The zero-order valence-electron chi connectivity index (χ0n) is 45.4. The topological polar surface area (TPSA) is 288 Å². The third kappa shape index (κ3) is 14.8. The summed E-state index contributed by atoms with van der Waals surface area (Å²) in [6.07, 6.45) is 14.4. The Morgan fingerprint density at radius 3 is 2.12 bits per heavy atom. The van der Waals surface area contributed by atoms with Crippen molar-refractivity contribution in [3.8, 4) is 5.75 Å². The number of nitrogens with one attached hydrogen (secondary N) is 2. The summed E-state index contributed by atoms with van der Waals surface area (Å²) < 4.78 is 83.4. The second kappa shape index (κ2) is 26.2. The van der Waals surface area contributed by atoms with Gasteiger partial charge >= 0.3 is 5.97 Å². The maximum atomic E-state index is 13.2. The number of benzene rings is 3. The molecule has 1 saturated heterocycles. The monoisotopic (exact) mass is 1170 g/mol. The predicted molar refractivity (Wildman–Crippen MR) is 297 cm³/mol. The summed E-state index contributed by atoms with van der Waals surface area (Å²) in [5, 5.41) is 20.7. The van der Waals surface area contributed by atoms with E-state index in [9.17, 15) is 55.2 Å². The molecule has 0 spiro atoms. The molecule has 81 heavy (non-hydrogen) atoms. The van der Waals surface area contributed by atoms with Crippen LogP contribution in [0, 0.1) is 0 Å². The summed E-state index contributed by atoms with van der Waals surface area (Å²) in [6, 6.07) is 16.1. The first kappa shape index (κ1) is 60.6. The van der Waals surface area contributed by atoms with Gasteiger partial charge in [-0.3, -0.25) is 33.3 Å². The molecule has 21 nitrogen and oxygen atoms in total. The molecule has 0 aromatic heterocycles. The van der Waals surface area contributed by atoms with Gasteiger partial charge < -0.3 is 30.4 Å². The molecule has 1 fully saturated rings. The first-order valence-electron chi connectivity index (χ1n) is 27.1. The zero-order valence-corrected chi connectivity index (χ0v) is 47.9. The Balaban J connectivity index is 1.26. The van der Waals surface area contributed by atoms with Crippen LogP contribution in [0.3, 0.4) is 0 Å². The van der Waals surface area contributed by atoms with Crippen molar-refractivity contribution in [2.45, 2.75) is 138 Å². The molecule has 5 aliphatic rings. The molecule has 2 bridgehead atoms. The Bertz CT molecular complexity index is 3320. The minimum atomic E-state index is -4.67. The van der Waals surface area contributed by atoms with Gasteiger partial charge in [-0.15, -0.1) is 5.06 Å². The number of anilines is 1. The average Bonchev–Trinajstić information content (AvgIpc) is 4.14. The van der Waals surface area contributed by atoms with E-state index in [2.05, 4.69) is 44.5 Å². The van der Waals surface area contributed by atoms with Crippen LogP contribution in [-0.4, -0.2) is 103 Å². The largest absolute Gasteiger partial charge is 0.691 e. The van der Waals surface area contributed by atoms with Crippen molar-refractivity contribution >= 4 is 79.0 Å². The number of carbonyl (C=O) groups is 5. The van der Waals surface area contributed by atoms with E-state index < -0.39 is 54.6 Å². The molecule has 24 heteroatoms. The van der Waals surface area contributed by atoms with Gasteiger partial charge in [0.25, 0.3) is 32.1 Å². The molecule has 1 atom stereocenters. The third-order valence-corrected chi connectivity index (χ3v) is 17.5. The fraction of sp³-hybridized carbons (Fsp3) is 0.439. The summed E-state index contributed by atoms with van der Waals surface area (Å²) in [5.74, 6) is -2.17. The Hall–Kier alpha value is -6.51. The first-order chi connectivity index (χ1) is 38.6. The highest BCUT2D eigenvalue weighted by molar-refractivity contribution is 7.94. The minimum Gasteiger partial charge on any atom is -0.691 e. The highest BCUT2D eigenvalue weighted by atomic mass is 32.2. The number of ether oxygens (including phenoxy) is 1. The number of hydroxylamine groups is 2. The van der Waals surface area contributed by atoms with Crippen LogP contribution in [0.25, 0.3) is 0 Å². The van der Waals surface area contributed by atoms with Crippen molar-refractivity contribution in [3.05, 3.63) is 124 Å². The highest BCUT2D eigenvalue weighted by Gasteiger charge is 2.46. The number of hydrogen-bond acceptors (Lipinski definition) is 16. The van der Waals surface area contributed by atoms with Gasteiger partial charge in [0, 0.05) is 91.1 Å². The number of amides is 4. The molecule has 3 aromatic carbocycles. The fourth-order valence-corrected chi connectivity index (χ4v) is 12.5. The molecule has 4 amide bonds. The normalized spacial score (nSPS) is 22.5. The van der Waals surface area contributed by atoms with E-state index in [1.165, 1.54) is 24.3 Å². The lowest BCUT2D eigenvalue weighted by molar-refractivity contribution is -0.777. The van der Waals surface area contributed by atoms with Gasteiger partial charge in [0.05, 0.1) is 33.7 Å². The molecular formula is C57H67N5O16S3. The van der Waals surface area contributed by atoms with Crippen LogP contribution in [0.2, 0.25) is 0 Å². The number of allylic oxidation sites excluding steroid dienone is 7. The van der Waals surface area contributed by atoms with Crippen molar-refractivity contribution in [2.75, 3.05) is 36.8 Å². The first-order valence-corrected chi connectivity index (χ1v) is 30.9. The molecule has 0 saturated carbocycles. The van der Waals surface area contributed by atoms with E-state index in [-0.39, 0.29) is 67.6 Å². The van der Waals surface area contributed by atoms with E-state index >= 15 is 0 Å². The van der Waals surface area contributed by atoms with Gasteiger partial charge in [-0.2, -0.15) is 25.7 Å². The van der Waals surface area contributed by atoms with E-state index in [0.29, 0.717) is 103 Å². The maximum Gasteiger partial charge on any atom is 0.363 e. The van der Waals surface area contributed by atoms with Crippen LogP contribution in [0.4, 0.5) is 11.4 Å². The number of nitrogens with zero attached hydrogens (tertiary/aromatic N) is 3. The molecule has 3 aromatic rings. The van der Waals surface area contributed by atoms with Crippen LogP contribution < -0.4 is 25.5 Å². The van der Waals surface area contributed by atoms with Gasteiger partial charge in [-0.25, -0.2) is 4.79 Å². The van der Waals surface area contributed by atoms with Crippen molar-refractivity contribution in [2.24, 2.45) is 0 Å². The van der Waals surface area contributed by atoms with E-state index in [4.69, 9.17) is 9.57 Å². The van der Waals surface area contributed by atoms with Gasteiger partial charge in [0.15, 0.2) is 5.71 Å². The number of rotatable bonds is 12. The molecule has 4 aliphatic heterocycles. The van der Waals surface area contributed by atoms with Crippen molar-refractivity contribution in [1.29, 1.82) is 0 Å². The van der Waals surface area contributed by atoms with Crippen LogP contribution >= 0.6 is 12.0 Å². The Morgan fingerprint density at radius 1 is 0.765 bits per heavy atom. The molecular weight excluding hydrogens is 1110 g/mol. The quantitative estimate of drug-likeness (QED) is 0.0342. The van der Waals surface area contributed by atoms with Gasteiger partial charge in [0.2, 0.25) is 17.5 Å². The summed E-state index contributed by atoms with van der Waals surface area (Å²) >= 11 is 0.795. The Kier molecular flexibility index (Phi) is 19.6. The Labute approximate surface area is 475 Å². The maximum absolute atomic E-state index is 13.2. The predicted octanol–water partition coefficient (Wildman–Crippen LogP) is 7.46. The zero-order chi connectivity index (χ0) is 58.1. The van der Waals surface area contributed by atoms with Crippen LogP contribution in [0.5, 0.6) is 5.75 Å². The smallest absolute Gasteiger partial charge is 0.363 e. The second-order valence-corrected chi connectivity index (χ2v) is 25.0. The van der Waals surface area contributed by atoms with Crippen LogP contribution in [-0.2, 0) is 64.5 Å². The standard InChI is InChI=1S/C57H67N5O16S3/c1-56(2)44-36-42(79-78-77-68)22-24-46(44)60-33-9-5-7-15-51(64)59-32-31-58-50(63)14-6-4-8-30-57(3)45-37-43(81(72,73)74)23-25-47(45)61(34-11-35-80(69,70)71)49(57)27-19-39-13-10-12-38(18-26-48(56)60)54(39)75-41-20-16-40(17-21-41)55(67)76-62-52(65)28-29-53(62)66/h16-27,36-37H,4-15,28-35H2,1-3H3,(H4-,58,59,63,64,68,69,70,71,72,73,74). The van der Waals surface area contributed by atoms with Crippen LogP contribution in [0.15, 0.2) is 117 Å². The lowest BCUT2D eigenvalue weighted by Gasteiger charge is -2.31.